The molecule has 0 aliphatic rings. The van der Waals surface area contributed by atoms with Crippen LogP contribution in [0, 0.1) is 12.8 Å². The van der Waals surface area contributed by atoms with Crippen molar-refractivity contribution >= 4 is 16.9 Å². The van der Waals surface area contributed by atoms with Gasteiger partial charge in [0.15, 0.2) is 5.65 Å². The van der Waals surface area contributed by atoms with Gasteiger partial charge < -0.3 is 10.6 Å². The molecular weight excluding hydrogens is 278 g/mol. The number of nitrogens with two attached hydrogens (primary N) is 1. The van der Waals surface area contributed by atoms with Gasteiger partial charge in [-0.1, -0.05) is 13.8 Å². The maximum absolute atomic E-state index is 12.5. The Morgan fingerprint density at radius 3 is 2.77 bits per heavy atom. The van der Waals surface area contributed by atoms with E-state index >= 15 is 0 Å². The lowest BCUT2D eigenvalue weighted by Crippen LogP contribution is -2.34. The summed E-state index contributed by atoms with van der Waals surface area (Å²) in [6, 6.07) is 1.97. The van der Waals surface area contributed by atoms with Crippen LogP contribution in [-0.4, -0.2) is 45.2 Å². The average molecular weight is 303 g/mol. The Hall–Kier alpha value is -1.95. The van der Waals surface area contributed by atoms with Crippen molar-refractivity contribution in [3.05, 3.63) is 23.5 Å². The van der Waals surface area contributed by atoms with E-state index in [1.165, 1.54) is 0 Å². The topological polar surface area (TPSA) is 77.0 Å². The summed E-state index contributed by atoms with van der Waals surface area (Å²) in [6.07, 6.45) is 2.41. The number of rotatable bonds is 5. The van der Waals surface area contributed by atoms with Crippen LogP contribution in [0.15, 0.2) is 12.3 Å². The van der Waals surface area contributed by atoms with E-state index in [4.69, 9.17) is 5.73 Å². The second kappa shape index (κ2) is 6.44. The van der Waals surface area contributed by atoms with Gasteiger partial charge in [0.1, 0.15) is 0 Å². The second-order valence-corrected chi connectivity index (χ2v) is 6.23. The Labute approximate surface area is 131 Å². The molecule has 0 spiro atoms. The Morgan fingerprint density at radius 2 is 2.14 bits per heavy atom. The molecule has 22 heavy (non-hydrogen) atoms. The third-order valence-electron chi connectivity index (χ3n) is 4.11. The number of hydrogen-bond donors (Lipinski definition) is 1. The highest BCUT2D eigenvalue weighted by atomic mass is 16.2. The van der Waals surface area contributed by atoms with E-state index in [2.05, 4.69) is 23.9 Å². The first-order chi connectivity index (χ1) is 10.3. The van der Waals surface area contributed by atoms with Crippen molar-refractivity contribution in [1.29, 1.82) is 0 Å². The highest BCUT2D eigenvalue weighted by Gasteiger charge is 2.16. The van der Waals surface area contributed by atoms with E-state index in [1.807, 2.05) is 20.0 Å². The van der Waals surface area contributed by atoms with Crippen LogP contribution in [0.1, 0.15) is 36.3 Å². The average Bonchev–Trinajstić information content (AvgIpc) is 2.77. The minimum Gasteiger partial charge on any atom is -0.342 e. The van der Waals surface area contributed by atoms with Gasteiger partial charge in [-0.3, -0.25) is 9.48 Å². The molecule has 6 nitrogen and oxygen atoms in total. The van der Waals surface area contributed by atoms with Gasteiger partial charge in [-0.25, -0.2) is 4.98 Å². The molecule has 0 radical (unpaired) electrons. The number of hydrogen-bond acceptors (Lipinski definition) is 4. The first kappa shape index (κ1) is 16.4. The van der Waals surface area contributed by atoms with Crippen molar-refractivity contribution in [2.24, 2.45) is 18.7 Å². The molecule has 0 aliphatic heterocycles. The summed E-state index contributed by atoms with van der Waals surface area (Å²) in [5.74, 6) is 0.383. The van der Waals surface area contributed by atoms with Gasteiger partial charge in [-0.2, -0.15) is 5.10 Å². The quantitative estimate of drug-likeness (QED) is 0.912. The molecule has 0 aromatic carbocycles. The molecule has 1 amide bonds. The first-order valence-corrected chi connectivity index (χ1v) is 7.61. The molecule has 0 aliphatic carbocycles. The number of carbonyl (C=O) groups excluding carboxylic acids is 1. The van der Waals surface area contributed by atoms with Crippen LogP contribution in [-0.2, 0) is 7.05 Å². The molecule has 0 bridgehead atoms. The van der Waals surface area contributed by atoms with E-state index in [9.17, 15) is 4.79 Å². The summed E-state index contributed by atoms with van der Waals surface area (Å²) in [6.45, 7) is 6.75. The molecule has 1 atom stereocenters. The van der Waals surface area contributed by atoms with Crippen LogP contribution < -0.4 is 5.73 Å². The Morgan fingerprint density at radius 1 is 1.45 bits per heavy atom. The number of amides is 1. The summed E-state index contributed by atoms with van der Waals surface area (Å²) in [5, 5.41) is 5.24. The van der Waals surface area contributed by atoms with E-state index in [0.29, 0.717) is 18.0 Å². The Kier molecular flexibility index (Phi) is 4.81. The van der Waals surface area contributed by atoms with Crippen LogP contribution in [0.3, 0.4) is 0 Å². The van der Waals surface area contributed by atoms with Gasteiger partial charge in [0.2, 0.25) is 0 Å². The SMILES string of the molecule is Cc1nn(C)c2ncc(C(=O)N(C)CCC(N)C(C)C)cc12. The summed E-state index contributed by atoms with van der Waals surface area (Å²) >= 11 is 0. The number of carbonyl (C=O) groups is 1. The third kappa shape index (κ3) is 3.27. The predicted octanol–water partition coefficient (Wildman–Crippen LogP) is 1.72. The number of fused-ring (bicyclic) bond motifs is 1. The zero-order chi connectivity index (χ0) is 16.4. The highest BCUT2D eigenvalue weighted by molar-refractivity contribution is 5.97. The summed E-state index contributed by atoms with van der Waals surface area (Å²) in [7, 11) is 3.65. The molecule has 2 heterocycles. The monoisotopic (exact) mass is 303 g/mol. The van der Waals surface area contributed by atoms with Gasteiger partial charge >= 0.3 is 0 Å². The Bertz CT molecular complexity index is 676. The van der Waals surface area contributed by atoms with Crippen LogP contribution in [0.4, 0.5) is 0 Å². The van der Waals surface area contributed by atoms with Crippen molar-refractivity contribution in [3.63, 3.8) is 0 Å². The fraction of sp³-hybridized carbons (Fsp3) is 0.562. The van der Waals surface area contributed by atoms with Gasteiger partial charge in [-0.15, -0.1) is 0 Å². The highest BCUT2D eigenvalue weighted by Crippen LogP contribution is 2.17. The molecule has 0 fully saturated rings. The summed E-state index contributed by atoms with van der Waals surface area (Å²) in [5.41, 5.74) is 8.30. The van der Waals surface area contributed by atoms with Crippen LogP contribution in [0.5, 0.6) is 0 Å². The number of nitrogens with zero attached hydrogens (tertiary/aromatic N) is 4. The minimum atomic E-state index is -0.0337. The maximum atomic E-state index is 12.5. The van der Waals surface area contributed by atoms with E-state index in [1.54, 1.807) is 22.8 Å². The van der Waals surface area contributed by atoms with Crippen LogP contribution >= 0.6 is 0 Å². The van der Waals surface area contributed by atoms with Crippen molar-refractivity contribution in [1.82, 2.24) is 19.7 Å². The van der Waals surface area contributed by atoms with Crippen LogP contribution in [0.2, 0.25) is 0 Å². The van der Waals surface area contributed by atoms with Crippen LogP contribution in [0.25, 0.3) is 11.0 Å². The fourth-order valence-electron chi connectivity index (χ4n) is 2.42. The first-order valence-electron chi connectivity index (χ1n) is 7.61. The van der Waals surface area contributed by atoms with Gasteiger partial charge in [-0.05, 0) is 25.3 Å². The lowest BCUT2D eigenvalue weighted by Gasteiger charge is -2.21. The molecule has 0 saturated heterocycles. The van der Waals surface area contributed by atoms with Gasteiger partial charge in [0.05, 0.1) is 11.3 Å². The normalized spacial score (nSPS) is 12.9. The molecule has 120 valence electrons. The molecule has 2 aromatic rings. The molecule has 0 saturated carbocycles. The van der Waals surface area contributed by atoms with E-state index in [-0.39, 0.29) is 11.9 Å². The maximum Gasteiger partial charge on any atom is 0.255 e. The molecule has 6 heteroatoms. The smallest absolute Gasteiger partial charge is 0.255 e. The van der Waals surface area contributed by atoms with E-state index < -0.39 is 0 Å². The Balaban J connectivity index is 2.13. The minimum absolute atomic E-state index is 0.0337. The molecule has 1 unspecified atom stereocenters. The van der Waals surface area contributed by atoms with Crippen molar-refractivity contribution in [3.8, 4) is 0 Å². The zero-order valence-electron chi connectivity index (χ0n) is 14.0. The van der Waals surface area contributed by atoms with E-state index in [0.717, 1.165) is 23.1 Å². The number of aryl methyl sites for hydroxylation is 2. The zero-order valence-corrected chi connectivity index (χ0v) is 14.0. The standard InChI is InChI=1S/C16H25N5O/c1-10(2)14(17)6-7-20(4)16(22)12-8-13-11(3)19-21(5)15(13)18-9-12/h8-10,14H,6-7,17H2,1-5H3. The summed E-state index contributed by atoms with van der Waals surface area (Å²) < 4.78 is 1.73. The molecule has 2 aromatic heterocycles. The third-order valence-corrected chi connectivity index (χ3v) is 4.11. The van der Waals surface area contributed by atoms with Crippen molar-refractivity contribution in [2.75, 3.05) is 13.6 Å². The lowest BCUT2D eigenvalue weighted by molar-refractivity contribution is 0.0789. The van der Waals surface area contributed by atoms with Gasteiger partial charge in [0.25, 0.3) is 5.91 Å². The largest absolute Gasteiger partial charge is 0.342 e. The van der Waals surface area contributed by atoms with Crippen molar-refractivity contribution in [2.45, 2.75) is 33.2 Å². The molecular formula is C16H25N5O. The number of aromatic nitrogens is 3. The summed E-state index contributed by atoms with van der Waals surface area (Å²) in [4.78, 5) is 18.6. The molecule has 2 N–H and O–H groups in total. The number of pyridine rings is 1. The lowest BCUT2D eigenvalue weighted by atomic mass is 10.0. The second-order valence-electron chi connectivity index (χ2n) is 6.23. The van der Waals surface area contributed by atoms with Gasteiger partial charge in [0, 0.05) is 38.3 Å². The molecule has 2 rings (SSSR count). The fourth-order valence-corrected chi connectivity index (χ4v) is 2.42. The predicted molar refractivity (Wildman–Crippen MR) is 87.6 cm³/mol. The van der Waals surface area contributed by atoms with Crippen molar-refractivity contribution < 1.29 is 4.79 Å².